The first kappa shape index (κ1) is 16.6. The zero-order valence-electron chi connectivity index (χ0n) is 14.2. The summed E-state index contributed by atoms with van der Waals surface area (Å²) in [5.41, 5.74) is 1.85. The van der Waals surface area contributed by atoms with E-state index in [-0.39, 0.29) is 5.82 Å². The molecule has 0 amide bonds. The molecule has 1 saturated heterocycles. The zero-order chi connectivity index (χ0) is 16.9. The second kappa shape index (κ2) is 7.53. The van der Waals surface area contributed by atoms with Crippen LogP contribution in [0.1, 0.15) is 5.56 Å². The van der Waals surface area contributed by atoms with Crippen molar-refractivity contribution in [1.82, 2.24) is 0 Å². The molecule has 0 bridgehead atoms. The summed E-state index contributed by atoms with van der Waals surface area (Å²) in [6.45, 7) is 4.51. The molecule has 5 heteroatoms. The Bertz CT molecular complexity index is 685. The third kappa shape index (κ3) is 3.62. The third-order valence-corrected chi connectivity index (χ3v) is 4.59. The third-order valence-electron chi connectivity index (χ3n) is 4.59. The Morgan fingerprint density at radius 3 is 2.46 bits per heavy atom. The molecule has 2 aromatic rings. The Hall–Kier alpha value is -2.27. The lowest BCUT2D eigenvalue weighted by molar-refractivity contribution is -0.914. The van der Waals surface area contributed by atoms with E-state index in [2.05, 4.69) is 4.90 Å². The molecule has 0 unspecified atom stereocenters. The molecule has 24 heavy (non-hydrogen) atoms. The number of hydrogen-bond donors (Lipinski definition) is 1. The molecule has 0 saturated carbocycles. The summed E-state index contributed by atoms with van der Waals surface area (Å²) in [6.07, 6.45) is 0. The van der Waals surface area contributed by atoms with Crippen LogP contribution in [0.15, 0.2) is 42.5 Å². The number of benzene rings is 2. The molecule has 2 aromatic carbocycles. The molecule has 0 radical (unpaired) electrons. The molecule has 0 spiro atoms. The Balaban J connectivity index is 1.64. The van der Waals surface area contributed by atoms with Gasteiger partial charge in [0.1, 0.15) is 23.9 Å². The van der Waals surface area contributed by atoms with Crippen molar-refractivity contribution in [3.63, 3.8) is 0 Å². The normalized spacial score (nSPS) is 15.4. The number of ether oxygens (including phenoxy) is 2. The fourth-order valence-electron chi connectivity index (χ4n) is 3.24. The van der Waals surface area contributed by atoms with Gasteiger partial charge in [-0.15, -0.1) is 0 Å². The molecule has 0 atom stereocenters. The molecule has 4 nitrogen and oxygen atoms in total. The van der Waals surface area contributed by atoms with Crippen LogP contribution in [0, 0.1) is 5.82 Å². The summed E-state index contributed by atoms with van der Waals surface area (Å²) < 4.78 is 24.7. The van der Waals surface area contributed by atoms with Gasteiger partial charge in [0.15, 0.2) is 0 Å². The maximum atomic E-state index is 13.9. The van der Waals surface area contributed by atoms with Crippen molar-refractivity contribution in [2.75, 3.05) is 45.3 Å². The Kier molecular flexibility index (Phi) is 5.20. The molecule has 1 heterocycles. The average Bonchev–Trinajstić information content (AvgIpc) is 2.63. The van der Waals surface area contributed by atoms with E-state index in [9.17, 15) is 4.39 Å². The van der Waals surface area contributed by atoms with Gasteiger partial charge >= 0.3 is 0 Å². The minimum absolute atomic E-state index is 0.143. The van der Waals surface area contributed by atoms with Crippen molar-refractivity contribution in [3.05, 3.63) is 53.8 Å². The lowest BCUT2D eigenvalue weighted by Gasteiger charge is -2.34. The number of hydrogen-bond acceptors (Lipinski definition) is 3. The number of rotatable bonds is 5. The van der Waals surface area contributed by atoms with E-state index in [1.165, 1.54) is 11.0 Å². The van der Waals surface area contributed by atoms with Crippen LogP contribution in [-0.2, 0) is 6.54 Å². The molecule has 1 N–H and O–H groups in total. The number of methoxy groups -OCH3 is 2. The number of anilines is 1. The Labute approximate surface area is 142 Å². The number of halogens is 1. The van der Waals surface area contributed by atoms with Gasteiger partial charge in [-0.3, -0.25) is 0 Å². The monoisotopic (exact) mass is 331 g/mol. The molecule has 1 aliphatic rings. The molecular weight excluding hydrogens is 307 g/mol. The zero-order valence-corrected chi connectivity index (χ0v) is 14.2. The van der Waals surface area contributed by atoms with Crippen molar-refractivity contribution in [1.29, 1.82) is 0 Å². The van der Waals surface area contributed by atoms with Crippen LogP contribution in [0.2, 0.25) is 0 Å². The van der Waals surface area contributed by atoms with E-state index in [1.807, 2.05) is 30.3 Å². The Morgan fingerprint density at radius 2 is 1.79 bits per heavy atom. The van der Waals surface area contributed by atoms with E-state index in [0.717, 1.165) is 49.8 Å². The fourth-order valence-corrected chi connectivity index (χ4v) is 3.24. The minimum atomic E-state index is -0.143. The maximum absolute atomic E-state index is 13.9. The van der Waals surface area contributed by atoms with Crippen LogP contribution < -0.4 is 19.3 Å². The highest BCUT2D eigenvalue weighted by Crippen LogP contribution is 2.23. The van der Waals surface area contributed by atoms with Gasteiger partial charge in [-0.2, -0.15) is 0 Å². The van der Waals surface area contributed by atoms with E-state index >= 15 is 0 Å². The first-order valence-electron chi connectivity index (χ1n) is 8.25. The van der Waals surface area contributed by atoms with Gasteiger partial charge in [0.2, 0.25) is 0 Å². The summed E-state index contributed by atoms with van der Waals surface area (Å²) >= 11 is 0. The number of para-hydroxylation sites is 1. The van der Waals surface area contributed by atoms with Crippen LogP contribution in [-0.4, -0.2) is 40.4 Å². The highest BCUT2D eigenvalue weighted by molar-refractivity contribution is 5.47. The van der Waals surface area contributed by atoms with Gasteiger partial charge in [0.25, 0.3) is 0 Å². The molecule has 1 fully saturated rings. The quantitative estimate of drug-likeness (QED) is 0.904. The van der Waals surface area contributed by atoms with E-state index < -0.39 is 0 Å². The summed E-state index contributed by atoms with van der Waals surface area (Å²) in [4.78, 5) is 3.59. The number of nitrogens with one attached hydrogen (secondary N) is 1. The fraction of sp³-hybridized carbons (Fsp3) is 0.368. The summed E-state index contributed by atoms with van der Waals surface area (Å²) in [5, 5.41) is 0. The van der Waals surface area contributed by atoms with Crippen LogP contribution in [0.25, 0.3) is 0 Å². The van der Waals surface area contributed by atoms with Gasteiger partial charge in [-0.1, -0.05) is 12.1 Å². The standard InChI is InChI=1S/C19H23FN2O2/c1-23-16-7-8-19(24-2)15(13-16)14-21-9-11-22(12-10-21)18-6-4-3-5-17(18)20/h3-8,13H,9-12,14H2,1-2H3/p+1. The summed E-state index contributed by atoms with van der Waals surface area (Å²) in [6, 6.07) is 12.9. The van der Waals surface area contributed by atoms with Crippen LogP contribution in [0.3, 0.4) is 0 Å². The molecule has 3 rings (SSSR count). The average molecular weight is 331 g/mol. The number of piperazine rings is 1. The lowest BCUT2D eigenvalue weighted by Crippen LogP contribution is -3.13. The van der Waals surface area contributed by atoms with Gasteiger partial charge in [0, 0.05) is 0 Å². The first-order chi connectivity index (χ1) is 11.7. The van der Waals surface area contributed by atoms with Crippen molar-refractivity contribution < 1.29 is 18.8 Å². The first-order valence-corrected chi connectivity index (χ1v) is 8.25. The summed E-state index contributed by atoms with van der Waals surface area (Å²) in [7, 11) is 3.36. The Morgan fingerprint density at radius 1 is 1.04 bits per heavy atom. The van der Waals surface area contributed by atoms with Crippen LogP contribution in [0.5, 0.6) is 11.5 Å². The van der Waals surface area contributed by atoms with Gasteiger partial charge in [0.05, 0.1) is 51.6 Å². The molecule has 128 valence electrons. The van der Waals surface area contributed by atoms with Crippen molar-refractivity contribution in [2.45, 2.75) is 6.54 Å². The lowest BCUT2D eigenvalue weighted by atomic mass is 10.1. The predicted molar refractivity (Wildman–Crippen MR) is 92.6 cm³/mol. The molecule has 0 aliphatic carbocycles. The number of nitrogens with zero attached hydrogens (tertiary/aromatic N) is 1. The van der Waals surface area contributed by atoms with Gasteiger partial charge < -0.3 is 19.3 Å². The smallest absolute Gasteiger partial charge is 0.146 e. The van der Waals surface area contributed by atoms with Crippen LogP contribution >= 0.6 is 0 Å². The summed E-state index contributed by atoms with van der Waals surface area (Å²) in [5.74, 6) is 1.59. The van der Waals surface area contributed by atoms with Gasteiger partial charge in [-0.05, 0) is 30.3 Å². The number of quaternary nitrogens is 1. The highest BCUT2D eigenvalue weighted by Gasteiger charge is 2.23. The second-order valence-corrected chi connectivity index (χ2v) is 6.04. The minimum Gasteiger partial charge on any atom is -0.497 e. The van der Waals surface area contributed by atoms with Gasteiger partial charge in [-0.25, -0.2) is 4.39 Å². The predicted octanol–water partition coefficient (Wildman–Crippen LogP) is 1.75. The SMILES string of the molecule is COc1ccc(OC)c(C[NH+]2CCN(c3ccccc3F)CC2)c1. The van der Waals surface area contributed by atoms with E-state index in [4.69, 9.17) is 9.47 Å². The van der Waals surface area contributed by atoms with Crippen molar-refractivity contribution in [2.24, 2.45) is 0 Å². The van der Waals surface area contributed by atoms with Crippen LogP contribution in [0.4, 0.5) is 10.1 Å². The second-order valence-electron chi connectivity index (χ2n) is 6.04. The molecule has 1 aliphatic heterocycles. The van der Waals surface area contributed by atoms with Crippen molar-refractivity contribution in [3.8, 4) is 11.5 Å². The van der Waals surface area contributed by atoms with E-state index in [1.54, 1.807) is 20.3 Å². The topological polar surface area (TPSA) is 26.1 Å². The van der Waals surface area contributed by atoms with Crippen molar-refractivity contribution >= 4 is 5.69 Å². The highest BCUT2D eigenvalue weighted by atomic mass is 19.1. The van der Waals surface area contributed by atoms with E-state index in [0.29, 0.717) is 5.69 Å². The molecule has 0 aromatic heterocycles. The maximum Gasteiger partial charge on any atom is 0.146 e. The molecular formula is C19H24FN2O2+. The largest absolute Gasteiger partial charge is 0.497 e.